The van der Waals surface area contributed by atoms with Gasteiger partial charge in [0, 0.05) is 12.8 Å². The zero-order valence-corrected chi connectivity index (χ0v) is 6.27. The molecule has 0 fully saturated rings. The maximum atomic E-state index is 11.4. The molecule has 5 heteroatoms. The Bertz CT molecular complexity index is 121. The molecule has 0 heterocycles. The van der Waals surface area contributed by atoms with Gasteiger partial charge in [-0.1, -0.05) is 0 Å². The van der Waals surface area contributed by atoms with E-state index in [1.165, 1.54) is 0 Å². The summed E-state index contributed by atoms with van der Waals surface area (Å²) in [5.41, 5.74) is 0. The molecular weight excluding hydrogens is 163 g/mol. The summed E-state index contributed by atoms with van der Waals surface area (Å²) in [6, 6.07) is 0. The summed E-state index contributed by atoms with van der Waals surface area (Å²) in [6.07, 6.45) is -3.60. The largest absolute Gasteiger partial charge is 0.389 e. The molecule has 0 aromatic heterocycles. The first-order valence-electron chi connectivity index (χ1n) is 2.64. The first-order chi connectivity index (χ1) is 4.45. The monoisotopic (exact) mass is 171 g/mol. The van der Waals surface area contributed by atoms with E-state index in [-0.39, 0.29) is 11.5 Å². The molecule has 1 N–H and O–H groups in total. The van der Waals surface area contributed by atoms with E-state index >= 15 is 0 Å². The quantitative estimate of drug-likeness (QED) is 0.501. The van der Waals surface area contributed by atoms with Crippen molar-refractivity contribution in [1.29, 1.82) is 5.41 Å². The Morgan fingerprint density at radius 1 is 1.50 bits per heavy atom. The summed E-state index contributed by atoms with van der Waals surface area (Å²) in [5, 5.41) is 6.96. The van der Waals surface area contributed by atoms with E-state index in [2.05, 4.69) is 0 Å². The highest BCUT2D eigenvalue weighted by Gasteiger charge is 2.26. The average molecular weight is 171 g/mol. The number of hydrogen-bond donors (Lipinski definition) is 1. The topological polar surface area (TPSA) is 23.9 Å². The molecule has 0 radical (unpaired) electrons. The second-order valence-electron chi connectivity index (χ2n) is 1.74. The molecular formula is C5H8F3NS. The third-order valence-corrected chi connectivity index (χ3v) is 1.58. The van der Waals surface area contributed by atoms with Crippen LogP contribution in [0, 0.1) is 5.41 Å². The van der Waals surface area contributed by atoms with E-state index < -0.39 is 12.6 Å². The van der Waals surface area contributed by atoms with Crippen molar-refractivity contribution in [1.82, 2.24) is 0 Å². The molecule has 0 atom stereocenters. The predicted molar refractivity (Wildman–Crippen MR) is 36.5 cm³/mol. The minimum atomic E-state index is -4.12. The first-order valence-corrected chi connectivity index (χ1v) is 3.86. The van der Waals surface area contributed by atoms with Gasteiger partial charge >= 0.3 is 6.18 Å². The van der Waals surface area contributed by atoms with E-state index in [0.29, 0.717) is 0 Å². The lowest BCUT2D eigenvalue weighted by Gasteiger charge is -2.04. The fourth-order valence-corrected chi connectivity index (χ4v) is 0.664. The number of nitrogens with one attached hydrogen (secondary N) is 1. The fraction of sp³-hybridized carbons (Fsp3) is 0.800. The van der Waals surface area contributed by atoms with Gasteiger partial charge in [-0.2, -0.15) is 13.2 Å². The molecule has 0 bridgehead atoms. The van der Waals surface area contributed by atoms with Crippen LogP contribution in [0.5, 0.6) is 0 Å². The van der Waals surface area contributed by atoms with Crippen LogP contribution in [0.3, 0.4) is 0 Å². The molecule has 0 spiro atoms. The van der Waals surface area contributed by atoms with Crippen molar-refractivity contribution in [2.45, 2.75) is 19.0 Å². The van der Waals surface area contributed by atoms with Crippen LogP contribution in [0.15, 0.2) is 0 Å². The van der Waals surface area contributed by atoms with Crippen LogP contribution in [-0.2, 0) is 0 Å². The molecule has 0 aromatic rings. The zero-order valence-electron chi connectivity index (χ0n) is 5.46. The highest BCUT2D eigenvalue weighted by Crippen LogP contribution is 2.22. The summed E-state index contributed by atoms with van der Waals surface area (Å²) in [5.74, 6) is 0. The normalized spacial score (nSPS) is 11.6. The van der Waals surface area contributed by atoms with Crippen molar-refractivity contribution < 1.29 is 13.2 Å². The standard InChI is InChI=1S/C5H8F3NS/c1-10-4(9)2-3-5(6,7)8/h9H,2-3H2,1H3. The van der Waals surface area contributed by atoms with Gasteiger partial charge in [-0.15, -0.1) is 11.8 Å². The zero-order chi connectivity index (χ0) is 8.20. The van der Waals surface area contributed by atoms with Gasteiger partial charge in [0.1, 0.15) is 0 Å². The second-order valence-corrected chi connectivity index (χ2v) is 2.64. The predicted octanol–water partition coefficient (Wildman–Crippen LogP) is 2.67. The van der Waals surface area contributed by atoms with E-state index in [4.69, 9.17) is 5.41 Å². The number of halogens is 3. The van der Waals surface area contributed by atoms with Gasteiger partial charge in [0.25, 0.3) is 0 Å². The molecule has 0 saturated carbocycles. The second kappa shape index (κ2) is 3.85. The molecule has 10 heavy (non-hydrogen) atoms. The average Bonchev–Trinajstić information content (AvgIpc) is 1.81. The third kappa shape index (κ3) is 5.94. The Balaban J connectivity index is 3.46. The fourth-order valence-electron chi connectivity index (χ4n) is 0.357. The van der Waals surface area contributed by atoms with Crippen molar-refractivity contribution in [3.63, 3.8) is 0 Å². The van der Waals surface area contributed by atoms with Gasteiger partial charge in [0.05, 0.1) is 5.04 Å². The van der Waals surface area contributed by atoms with Crippen molar-refractivity contribution in [3.05, 3.63) is 0 Å². The maximum absolute atomic E-state index is 11.4. The van der Waals surface area contributed by atoms with E-state index in [9.17, 15) is 13.2 Å². The van der Waals surface area contributed by atoms with E-state index in [1.807, 2.05) is 0 Å². The van der Waals surface area contributed by atoms with Crippen LogP contribution in [0.4, 0.5) is 13.2 Å². The number of hydrogen-bond acceptors (Lipinski definition) is 2. The van der Waals surface area contributed by atoms with Crippen LogP contribution in [0.2, 0.25) is 0 Å². The molecule has 0 aromatic carbocycles. The summed E-state index contributed by atoms with van der Waals surface area (Å²) in [6.45, 7) is 0. The Hall–Kier alpha value is -0.190. The lowest BCUT2D eigenvalue weighted by molar-refractivity contribution is -0.132. The van der Waals surface area contributed by atoms with Crippen LogP contribution in [-0.4, -0.2) is 17.5 Å². The van der Waals surface area contributed by atoms with Crippen LogP contribution >= 0.6 is 11.8 Å². The lowest BCUT2D eigenvalue weighted by Crippen LogP contribution is -2.08. The highest BCUT2D eigenvalue weighted by atomic mass is 32.2. The molecule has 0 aliphatic carbocycles. The van der Waals surface area contributed by atoms with Gasteiger partial charge in [-0.25, -0.2) is 0 Å². The first kappa shape index (κ1) is 9.81. The highest BCUT2D eigenvalue weighted by molar-refractivity contribution is 8.13. The molecule has 0 saturated heterocycles. The third-order valence-electron chi connectivity index (χ3n) is 0.882. The summed E-state index contributed by atoms with van der Waals surface area (Å²) >= 11 is 1.05. The Morgan fingerprint density at radius 3 is 2.30 bits per heavy atom. The van der Waals surface area contributed by atoms with Crippen LogP contribution < -0.4 is 0 Å². The van der Waals surface area contributed by atoms with Gasteiger partial charge in [0.15, 0.2) is 0 Å². The molecule has 0 amide bonds. The molecule has 0 rings (SSSR count). The smallest absolute Gasteiger partial charge is 0.298 e. The molecule has 0 aliphatic heterocycles. The van der Waals surface area contributed by atoms with Gasteiger partial charge in [-0.05, 0) is 6.26 Å². The number of thioether (sulfide) groups is 1. The van der Waals surface area contributed by atoms with Crippen LogP contribution in [0.1, 0.15) is 12.8 Å². The maximum Gasteiger partial charge on any atom is 0.389 e. The summed E-state index contributed by atoms with van der Waals surface area (Å²) < 4.78 is 34.3. The molecule has 0 unspecified atom stereocenters. The van der Waals surface area contributed by atoms with Crippen molar-refractivity contribution in [2.24, 2.45) is 0 Å². The van der Waals surface area contributed by atoms with Crippen LogP contribution in [0.25, 0.3) is 0 Å². The van der Waals surface area contributed by atoms with Gasteiger partial charge in [-0.3, -0.25) is 5.41 Å². The summed E-state index contributed by atoms with van der Waals surface area (Å²) in [4.78, 5) is 0. The molecule has 0 aliphatic rings. The summed E-state index contributed by atoms with van der Waals surface area (Å²) in [7, 11) is 0. The minimum absolute atomic E-state index is 0.0809. The van der Waals surface area contributed by atoms with E-state index in [1.54, 1.807) is 6.26 Å². The van der Waals surface area contributed by atoms with E-state index in [0.717, 1.165) is 11.8 Å². The van der Waals surface area contributed by atoms with Crippen molar-refractivity contribution >= 4 is 16.8 Å². The SMILES string of the molecule is CSC(=N)CCC(F)(F)F. The molecule has 1 nitrogen and oxygen atoms in total. The lowest BCUT2D eigenvalue weighted by atomic mass is 10.3. The van der Waals surface area contributed by atoms with Crippen molar-refractivity contribution in [2.75, 3.05) is 6.26 Å². The molecule has 60 valence electrons. The Labute approximate surface area is 61.5 Å². The Kier molecular flexibility index (Phi) is 3.78. The number of alkyl halides is 3. The van der Waals surface area contributed by atoms with Crippen molar-refractivity contribution in [3.8, 4) is 0 Å². The Morgan fingerprint density at radius 2 is 2.00 bits per heavy atom. The number of rotatable bonds is 2. The minimum Gasteiger partial charge on any atom is -0.298 e. The van der Waals surface area contributed by atoms with Gasteiger partial charge < -0.3 is 0 Å². The van der Waals surface area contributed by atoms with Gasteiger partial charge in [0.2, 0.25) is 0 Å².